The normalized spacial score (nSPS) is 24.1. The van der Waals surface area contributed by atoms with Crippen molar-refractivity contribution in [1.29, 1.82) is 0 Å². The van der Waals surface area contributed by atoms with Gasteiger partial charge in [-0.05, 0) is 43.0 Å². The third kappa shape index (κ3) is 2.68. The monoisotopic (exact) mass is 267 g/mol. The maximum atomic E-state index is 12.3. The van der Waals surface area contributed by atoms with Gasteiger partial charge >= 0.3 is 0 Å². The number of carbonyl (C=O) groups is 1. The predicted octanol–water partition coefficient (Wildman–Crippen LogP) is 2.49. The second-order valence-electron chi connectivity index (χ2n) is 5.05. The quantitative estimate of drug-likeness (QED) is 0.849. The van der Waals surface area contributed by atoms with Gasteiger partial charge in [-0.15, -0.1) is 0 Å². The van der Waals surface area contributed by atoms with Crippen molar-refractivity contribution in [3.63, 3.8) is 0 Å². The van der Waals surface area contributed by atoms with Gasteiger partial charge in [-0.1, -0.05) is 18.5 Å². The van der Waals surface area contributed by atoms with Gasteiger partial charge in [0.05, 0.1) is 6.10 Å². The van der Waals surface area contributed by atoms with Gasteiger partial charge in [-0.25, -0.2) is 0 Å². The fourth-order valence-corrected chi connectivity index (χ4v) is 2.40. The Hall–Kier alpha value is -1.06. The smallest absolute Gasteiger partial charge is 0.253 e. The highest BCUT2D eigenvalue weighted by Crippen LogP contribution is 2.21. The number of aryl methyl sites for hydroxylation is 1. The summed E-state index contributed by atoms with van der Waals surface area (Å²) in [5, 5.41) is 10.3. The van der Waals surface area contributed by atoms with E-state index in [9.17, 15) is 9.90 Å². The first-order valence-corrected chi connectivity index (χ1v) is 6.60. The highest BCUT2D eigenvalue weighted by atomic mass is 35.5. The topological polar surface area (TPSA) is 40.5 Å². The molecule has 1 amide bonds. The highest BCUT2D eigenvalue weighted by molar-refractivity contribution is 6.31. The van der Waals surface area contributed by atoms with Gasteiger partial charge in [0.15, 0.2) is 0 Å². The van der Waals surface area contributed by atoms with Crippen LogP contribution >= 0.6 is 11.6 Å². The van der Waals surface area contributed by atoms with Gasteiger partial charge < -0.3 is 10.0 Å². The molecular weight excluding hydrogens is 250 g/mol. The molecule has 0 aliphatic carbocycles. The van der Waals surface area contributed by atoms with Crippen molar-refractivity contribution in [3.05, 3.63) is 34.3 Å². The minimum absolute atomic E-state index is 0.0218. The van der Waals surface area contributed by atoms with Crippen molar-refractivity contribution in [2.45, 2.75) is 26.4 Å². The average Bonchev–Trinajstić information content (AvgIpc) is 2.35. The average molecular weight is 268 g/mol. The van der Waals surface area contributed by atoms with Gasteiger partial charge in [0, 0.05) is 23.7 Å². The fourth-order valence-electron chi connectivity index (χ4n) is 2.28. The van der Waals surface area contributed by atoms with E-state index in [1.165, 1.54) is 0 Å². The molecule has 4 heteroatoms. The minimum atomic E-state index is -0.291. The van der Waals surface area contributed by atoms with Crippen LogP contribution in [0.1, 0.15) is 29.3 Å². The van der Waals surface area contributed by atoms with E-state index in [4.69, 9.17) is 11.6 Å². The van der Waals surface area contributed by atoms with E-state index in [-0.39, 0.29) is 17.9 Å². The predicted molar refractivity (Wildman–Crippen MR) is 71.9 cm³/mol. The summed E-state index contributed by atoms with van der Waals surface area (Å²) in [5.74, 6) is 0.157. The van der Waals surface area contributed by atoms with Gasteiger partial charge in [-0.3, -0.25) is 4.79 Å². The number of aliphatic hydroxyl groups excluding tert-OH is 1. The van der Waals surface area contributed by atoms with Crippen LogP contribution < -0.4 is 0 Å². The Kier molecular flexibility index (Phi) is 3.93. The number of piperidine rings is 1. The molecule has 0 bridgehead atoms. The zero-order valence-corrected chi connectivity index (χ0v) is 11.4. The number of benzene rings is 1. The Balaban J connectivity index is 2.14. The summed E-state index contributed by atoms with van der Waals surface area (Å²) in [5.41, 5.74) is 1.58. The zero-order valence-electron chi connectivity index (χ0n) is 10.7. The van der Waals surface area contributed by atoms with Crippen molar-refractivity contribution >= 4 is 17.5 Å². The molecule has 98 valence electrons. The largest absolute Gasteiger partial charge is 0.393 e. The number of hydrogen-bond acceptors (Lipinski definition) is 2. The number of hydrogen-bond donors (Lipinski definition) is 1. The molecule has 2 unspecified atom stereocenters. The molecule has 1 aromatic rings. The van der Waals surface area contributed by atoms with Crippen LogP contribution in [-0.4, -0.2) is 35.1 Å². The SMILES string of the molecule is Cc1cc(C(=O)N2CCC(O)C(C)C2)ccc1Cl. The van der Waals surface area contributed by atoms with E-state index in [0.717, 1.165) is 5.56 Å². The molecule has 18 heavy (non-hydrogen) atoms. The fraction of sp³-hybridized carbons (Fsp3) is 0.500. The summed E-state index contributed by atoms with van der Waals surface area (Å²) in [6.07, 6.45) is 0.362. The Labute approximate surface area is 112 Å². The van der Waals surface area contributed by atoms with E-state index in [2.05, 4.69) is 0 Å². The molecule has 0 radical (unpaired) electrons. The molecule has 1 N–H and O–H groups in total. The standard InChI is InChI=1S/C14H18ClNO2/c1-9-7-11(3-4-12(9)15)14(18)16-6-5-13(17)10(2)8-16/h3-4,7,10,13,17H,5-6,8H2,1-2H3. The maximum absolute atomic E-state index is 12.3. The lowest BCUT2D eigenvalue weighted by Crippen LogP contribution is -2.44. The molecule has 1 heterocycles. The number of amides is 1. The van der Waals surface area contributed by atoms with Crippen LogP contribution in [0.3, 0.4) is 0 Å². The van der Waals surface area contributed by atoms with E-state index in [0.29, 0.717) is 30.1 Å². The van der Waals surface area contributed by atoms with Gasteiger partial charge in [0.1, 0.15) is 0 Å². The van der Waals surface area contributed by atoms with Crippen molar-refractivity contribution in [2.24, 2.45) is 5.92 Å². The molecule has 1 aliphatic heterocycles. The molecule has 1 aromatic carbocycles. The van der Waals surface area contributed by atoms with Crippen LogP contribution in [0.5, 0.6) is 0 Å². The molecular formula is C14H18ClNO2. The molecule has 2 atom stereocenters. The lowest BCUT2D eigenvalue weighted by Gasteiger charge is -2.34. The summed E-state index contributed by atoms with van der Waals surface area (Å²) < 4.78 is 0. The van der Waals surface area contributed by atoms with E-state index >= 15 is 0 Å². The molecule has 0 saturated carbocycles. The van der Waals surface area contributed by atoms with Crippen LogP contribution in [0.2, 0.25) is 5.02 Å². The Morgan fingerprint density at radius 1 is 1.50 bits per heavy atom. The van der Waals surface area contributed by atoms with Crippen molar-refractivity contribution in [2.75, 3.05) is 13.1 Å². The number of nitrogens with zero attached hydrogens (tertiary/aromatic N) is 1. The van der Waals surface area contributed by atoms with E-state index in [1.807, 2.05) is 19.9 Å². The van der Waals surface area contributed by atoms with Gasteiger partial charge in [0.2, 0.25) is 0 Å². The molecule has 0 spiro atoms. The van der Waals surface area contributed by atoms with E-state index in [1.54, 1.807) is 17.0 Å². The molecule has 1 aliphatic rings. The first kappa shape index (κ1) is 13.4. The van der Waals surface area contributed by atoms with Crippen molar-refractivity contribution in [1.82, 2.24) is 4.90 Å². The number of rotatable bonds is 1. The number of likely N-dealkylation sites (tertiary alicyclic amines) is 1. The van der Waals surface area contributed by atoms with Gasteiger partial charge in [0.25, 0.3) is 5.91 Å². The van der Waals surface area contributed by atoms with Crippen molar-refractivity contribution < 1.29 is 9.90 Å². The van der Waals surface area contributed by atoms with Crippen LogP contribution in [0, 0.1) is 12.8 Å². The minimum Gasteiger partial charge on any atom is -0.393 e. The summed E-state index contributed by atoms with van der Waals surface area (Å²) in [6.45, 7) is 5.09. The number of aliphatic hydroxyl groups is 1. The Morgan fingerprint density at radius 3 is 2.83 bits per heavy atom. The Bertz CT molecular complexity index is 461. The molecule has 0 aromatic heterocycles. The highest BCUT2D eigenvalue weighted by Gasteiger charge is 2.27. The second-order valence-corrected chi connectivity index (χ2v) is 5.46. The third-order valence-electron chi connectivity index (χ3n) is 3.55. The summed E-state index contributed by atoms with van der Waals surface area (Å²) >= 11 is 5.96. The zero-order chi connectivity index (χ0) is 13.3. The lowest BCUT2D eigenvalue weighted by molar-refractivity contribution is 0.0297. The Morgan fingerprint density at radius 2 is 2.22 bits per heavy atom. The molecule has 3 nitrogen and oxygen atoms in total. The maximum Gasteiger partial charge on any atom is 0.253 e. The first-order valence-electron chi connectivity index (χ1n) is 6.22. The lowest BCUT2D eigenvalue weighted by atomic mass is 9.96. The molecule has 2 rings (SSSR count). The van der Waals surface area contributed by atoms with Crippen molar-refractivity contribution in [3.8, 4) is 0 Å². The molecule has 1 fully saturated rings. The number of carbonyl (C=O) groups excluding carboxylic acids is 1. The first-order chi connectivity index (χ1) is 8.49. The summed E-state index contributed by atoms with van der Waals surface area (Å²) in [4.78, 5) is 14.1. The van der Waals surface area contributed by atoms with Crippen LogP contribution in [0.4, 0.5) is 0 Å². The number of halogens is 1. The van der Waals surface area contributed by atoms with Crippen LogP contribution in [0.15, 0.2) is 18.2 Å². The van der Waals surface area contributed by atoms with Crippen LogP contribution in [-0.2, 0) is 0 Å². The van der Waals surface area contributed by atoms with E-state index < -0.39 is 0 Å². The van der Waals surface area contributed by atoms with Crippen LogP contribution in [0.25, 0.3) is 0 Å². The summed E-state index contributed by atoms with van der Waals surface area (Å²) in [7, 11) is 0. The molecule has 1 saturated heterocycles. The second kappa shape index (κ2) is 5.29. The third-order valence-corrected chi connectivity index (χ3v) is 3.98. The summed E-state index contributed by atoms with van der Waals surface area (Å²) in [6, 6.07) is 5.33. The van der Waals surface area contributed by atoms with Gasteiger partial charge in [-0.2, -0.15) is 0 Å².